The van der Waals surface area contributed by atoms with Gasteiger partial charge < -0.3 is 15.4 Å². The van der Waals surface area contributed by atoms with Gasteiger partial charge in [0.25, 0.3) is 0 Å². The molecule has 7 nitrogen and oxygen atoms in total. The van der Waals surface area contributed by atoms with Crippen LogP contribution in [0.4, 0.5) is 4.79 Å². The predicted molar refractivity (Wildman–Crippen MR) is 105 cm³/mol. The summed E-state index contributed by atoms with van der Waals surface area (Å²) in [7, 11) is -1.93. The highest BCUT2D eigenvalue weighted by Crippen LogP contribution is 2.09. The van der Waals surface area contributed by atoms with Gasteiger partial charge in [-0.3, -0.25) is 0 Å². The Morgan fingerprint density at radius 3 is 2.48 bits per heavy atom. The zero-order chi connectivity index (χ0) is 19.5. The molecular weight excluding hydrogens is 366 g/mol. The third-order valence-electron chi connectivity index (χ3n) is 3.73. The average molecular weight is 391 g/mol. The third-order valence-corrected chi connectivity index (χ3v) is 5.07. The van der Waals surface area contributed by atoms with Crippen molar-refractivity contribution in [2.75, 3.05) is 20.2 Å². The summed E-state index contributed by atoms with van der Waals surface area (Å²) >= 11 is 0. The van der Waals surface area contributed by atoms with E-state index < -0.39 is 10.0 Å². The number of nitrogens with one attached hydrogen (secondary N) is 3. The Kier molecular flexibility index (Phi) is 8.09. The number of benzene rings is 2. The topological polar surface area (TPSA) is 96.5 Å². The van der Waals surface area contributed by atoms with E-state index >= 15 is 0 Å². The van der Waals surface area contributed by atoms with Crippen LogP contribution in [0.25, 0.3) is 0 Å². The lowest BCUT2D eigenvalue weighted by Gasteiger charge is -2.10. The molecule has 0 unspecified atom stereocenters. The first kappa shape index (κ1) is 20.7. The van der Waals surface area contributed by atoms with E-state index in [0.717, 1.165) is 11.3 Å². The first-order valence-electron chi connectivity index (χ1n) is 8.67. The highest BCUT2D eigenvalue weighted by molar-refractivity contribution is 7.88. The number of rotatable bonds is 10. The minimum Gasteiger partial charge on any atom is -0.494 e. The predicted octanol–water partition coefficient (Wildman–Crippen LogP) is 2.00. The molecule has 0 spiro atoms. The van der Waals surface area contributed by atoms with Crippen LogP contribution in [0.5, 0.6) is 5.75 Å². The van der Waals surface area contributed by atoms with E-state index in [1.165, 1.54) is 7.05 Å². The minimum atomic E-state index is -3.32. The molecule has 0 saturated heterocycles. The van der Waals surface area contributed by atoms with Crippen molar-refractivity contribution in [1.29, 1.82) is 0 Å². The van der Waals surface area contributed by atoms with Gasteiger partial charge in [0.15, 0.2) is 0 Å². The van der Waals surface area contributed by atoms with E-state index in [1.807, 2.05) is 36.4 Å². The Bertz CT molecular complexity index is 826. The fourth-order valence-corrected chi connectivity index (χ4v) is 3.11. The van der Waals surface area contributed by atoms with Gasteiger partial charge in [0.1, 0.15) is 5.75 Å². The first-order valence-corrected chi connectivity index (χ1v) is 10.3. The summed E-state index contributed by atoms with van der Waals surface area (Å²) in [5, 5.41) is 5.52. The van der Waals surface area contributed by atoms with E-state index in [4.69, 9.17) is 4.74 Å². The Hall–Kier alpha value is -2.58. The van der Waals surface area contributed by atoms with Gasteiger partial charge >= 0.3 is 6.03 Å². The summed E-state index contributed by atoms with van der Waals surface area (Å²) in [6.07, 6.45) is 0.694. The standard InChI is InChI=1S/C19H25N3O4S/c1-20-27(24,25)15-17-8-5-7-16(13-17)14-22-19(23)21-11-6-12-26-18-9-3-2-4-10-18/h2-5,7-10,13,20H,6,11-12,14-15H2,1H3,(H2,21,22,23). The monoisotopic (exact) mass is 391 g/mol. The van der Waals surface area contributed by atoms with Crippen molar-refractivity contribution in [2.24, 2.45) is 0 Å². The van der Waals surface area contributed by atoms with Crippen LogP contribution in [0.3, 0.4) is 0 Å². The number of urea groups is 1. The van der Waals surface area contributed by atoms with Crippen LogP contribution in [0.15, 0.2) is 54.6 Å². The SMILES string of the molecule is CNS(=O)(=O)Cc1cccc(CNC(=O)NCCCOc2ccccc2)c1. The molecule has 146 valence electrons. The number of ether oxygens (including phenoxy) is 1. The summed E-state index contributed by atoms with van der Waals surface area (Å²) in [5.41, 5.74) is 1.50. The molecule has 0 atom stereocenters. The van der Waals surface area contributed by atoms with Gasteiger partial charge in [0.05, 0.1) is 12.4 Å². The number of amides is 2. The van der Waals surface area contributed by atoms with Gasteiger partial charge in [-0.25, -0.2) is 17.9 Å². The van der Waals surface area contributed by atoms with Crippen molar-refractivity contribution in [3.63, 3.8) is 0 Å². The molecule has 0 radical (unpaired) electrons. The van der Waals surface area contributed by atoms with E-state index in [0.29, 0.717) is 31.7 Å². The van der Waals surface area contributed by atoms with Gasteiger partial charge in [-0.2, -0.15) is 0 Å². The molecule has 27 heavy (non-hydrogen) atoms. The second kappa shape index (κ2) is 10.5. The molecule has 0 heterocycles. The van der Waals surface area contributed by atoms with E-state index in [1.54, 1.807) is 18.2 Å². The van der Waals surface area contributed by atoms with Gasteiger partial charge in [0, 0.05) is 13.1 Å². The number of hydrogen-bond donors (Lipinski definition) is 3. The molecular formula is C19H25N3O4S. The average Bonchev–Trinajstić information content (AvgIpc) is 2.67. The second-order valence-corrected chi connectivity index (χ2v) is 7.83. The van der Waals surface area contributed by atoms with Crippen LogP contribution in [0, 0.1) is 0 Å². The van der Waals surface area contributed by atoms with Crippen molar-refractivity contribution in [3.8, 4) is 5.75 Å². The largest absolute Gasteiger partial charge is 0.494 e. The van der Waals surface area contributed by atoms with Crippen LogP contribution in [-0.4, -0.2) is 34.6 Å². The highest BCUT2D eigenvalue weighted by Gasteiger charge is 2.09. The van der Waals surface area contributed by atoms with Crippen molar-refractivity contribution in [1.82, 2.24) is 15.4 Å². The third kappa shape index (κ3) is 8.10. The maximum Gasteiger partial charge on any atom is 0.315 e. The maximum atomic E-state index is 11.8. The molecule has 2 amide bonds. The van der Waals surface area contributed by atoms with Crippen molar-refractivity contribution in [3.05, 3.63) is 65.7 Å². The fraction of sp³-hybridized carbons (Fsp3) is 0.316. The lowest BCUT2D eigenvalue weighted by molar-refractivity contribution is 0.238. The lowest BCUT2D eigenvalue weighted by Crippen LogP contribution is -2.36. The van der Waals surface area contributed by atoms with Crippen molar-refractivity contribution < 1.29 is 17.9 Å². The van der Waals surface area contributed by atoms with Crippen molar-refractivity contribution in [2.45, 2.75) is 18.7 Å². The quantitative estimate of drug-likeness (QED) is 0.540. The summed E-state index contributed by atoms with van der Waals surface area (Å²) < 4.78 is 31.1. The Labute approximate surface area is 160 Å². The second-order valence-electron chi connectivity index (χ2n) is 5.91. The Morgan fingerprint density at radius 1 is 1.00 bits per heavy atom. The highest BCUT2D eigenvalue weighted by atomic mass is 32.2. The zero-order valence-corrected chi connectivity index (χ0v) is 16.1. The lowest BCUT2D eigenvalue weighted by atomic mass is 10.1. The van der Waals surface area contributed by atoms with Gasteiger partial charge in [0.2, 0.25) is 10.0 Å². The molecule has 0 saturated carbocycles. The summed E-state index contributed by atoms with van der Waals surface area (Å²) in [6, 6.07) is 16.4. The van der Waals surface area contributed by atoms with E-state index in [-0.39, 0.29) is 11.8 Å². The molecule has 0 aliphatic heterocycles. The van der Waals surface area contributed by atoms with E-state index in [2.05, 4.69) is 15.4 Å². The molecule has 3 N–H and O–H groups in total. The molecule has 0 bridgehead atoms. The summed E-state index contributed by atoms with van der Waals surface area (Å²) in [6.45, 7) is 1.34. The Morgan fingerprint density at radius 2 is 1.74 bits per heavy atom. The molecule has 2 aromatic rings. The smallest absolute Gasteiger partial charge is 0.315 e. The van der Waals surface area contributed by atoms with Crippen LogP contribution in [0.1, 0.15) is 17.5 Å². The number of hydrogen-bond acceptors (Lipinski definition) is 4. The van der Waals surface area contributed by atoms with Gasteiger partial charge in [-0.1, -0.05) is 42.5 Å². The molecule has 2 rings (SSSR count). The summed E-state index contributed by atoms with van der Waals surface area (Å²) in [5.74, 6) is 0.715. The molecule has 2 aromatic carbocycles. The molecule has 0 aliphatic carbocycles. The number of para-hydroxylation sites is 1. The Balaban J connectivity index is 1.66. The molecule has 8 heteroatoms. The van der Waals surface area contributed by atoms with Gasteiger partial charge in [-0.15, -0.1) is 0 Å². The van der Waals surface area contributed by atoms with Crippen LogP contribution in [0.2, 0.25) is 0 Å². The first-order chi connectivity index (χ1) is 13.0. The number of carbonyl (C=O) groups is 1. The maximum absolute atomic E-state index is 11.8. The van der Waals surface area contributed by atoms with Gasteiger partial charge in [-0.05, 0) is 36.7 Å². The normalized spacial score (nSPS) is 11.0. The van der Waals surface area contributed by atoms with Crippen LogP contribution in [-0.2, 0) is 22.3 Å². The number of carbonyl (C=O) groups excluding carboxylic acids is 1. The molecule has 0 fully saturated rings. The molecule has 0 aliphatic rings. The minimum absolute atomic E-state index is 0.0923. The van der Waals surface area contributed by atoms with Crippen molar-refractivity contribution >= 4 is 16.1 Å². The molecule has 0 aromatic heterocycles. The van der Waals surface area contributed by atoms with Crippen LogP contribution < -0.4 is 20.1 Å². The zero-order valence-electron chi connectivity index (χ0n) is 15.3. The van der Waals surface area contributed by atoms with Crippen LogP contribution >= 0.6 is 0 Å². The van der Waals surface area contributed by atoms with E-state index in [9.17, 15) is 13.2 Å². The summed E-state index contributed by atoms with van der Waals surface area (Å²) in [4.78, 5) is 11.8. The number of sulfonamides is 1. The fourth-order valence-electron chi connectivity index (χ4n) is 2.35.